The van der Waals surface area contributed by atoms with Gasteiger partial charge in [0.25, 0.3) is 11.8 Å². The number of para-hydroxylation sites is 1. The van der Waals surface area contributed by atoms with E-state index in [1.54, 1.807) is 12.1 Å². The Morgan fingerprint density at radius 3 is 2.39 bits per heavy atom. The van der Waals surface area contributed by atoms with Crippen LogP contribution in [0.3, 0.4) is 0 Å². The van der Waals surface area contributed by atoms with Crippen LogP contribution in [-0.2, 0) is 14.8 Å². The second-order valence-corrected chi connectivity index (χ2v) is 8.59. The minimum Gasteiger partial charge on any atom is -0.483 e. The lowest BCUT2D eigenvalue weighted by atomic mass is 10.1. The highest BCUT2D eigenvalue weighted by Gasteiger charge is 2.16. The van der Waals surface area contributed by atoms with Gasteiger partial charge in [-0.05, 0) is 29.8 Å². The molecule has 8 nitrogen and oxygen atoms in total. The summed E-state index contributed by atoms with van der Waals surface area (Å²) >= 11 is 0. The highest BCUT2D eigenvalue weighted by molar-refractivity contribution is 7.89. The Bertz CT molecular complexity index is 1240. The molecule has 0 unspecified atom stereocenters. The van der Waals surface area contributed by atoms with E-state index in [0.29, 0.717) is 5.75 Å². The highest BCUT2D eigenvalue weighted by atomic mass is 32.2. The van der Waals surface area contributed by atoms with E-state index in [0.717, 1.165) is 11.1 Å². The molecule has 0 atom stereocenters. The Morgan fingerprint density at radius 1 is 0.909 bits per heavy atom. The summed E-state index contributed by atoms with van der Waals surface area (Å²) in [7, 11) is -3.78. The second kappa shape index (κ2) is 11.1. The molecule has 3 aromatic rings. The lowest BCUT2D eigenvalue weighted by Crippen LogP contribution is -2.43. The van der Waals surface area contributed by atoms with E-state index < -0.39 is 21.8 Å². The molecule has 0 saturated heterocycles. The maximum absolute atomic E-state index is 12.4. The number of carbonyl (C=O) groups excluding carboxylic acids is 2. The van der Waals surface area contributed by atoms with Gasteiger partial charge in [0.05, 0.1) is 4.90 Å². The molecule has 0 aliphatic heterocycles. The molecular formula is C24H23N3O5S. The second-order valence-electron chi connectivity index (χ2n) is 6.82. The van der Waals surface area contributed by atoms with Gasteiger partial charge in [0, 0.05) is 17.7 Å². The summed E-state index contributed by atoms with van der Waals surface area (Å²) in [6, 6.07) is 22.3. The first kappa shape index (κ1) is 23.7. The van der Waals surface area contributed by atoms with E-state index in [4.69, 9.17) is 4.74 Å². The Morgan fingerprint density at radius 2 is 1.64 bits per heavy atom. The summed E-state index contributed by atoms with van der Waals surface area (Å²) in [5.74, 6) is -0.730. The van der Waals surface area contributed by atoms with Crippen LogP contribution in [0.15, 0.2) is 96.4 Å². The van der Waals surface area contributed by atoms with Gasteiger partial charge in [-0.3, -0.25) is 20.4 Å². The number of nitrogens with one attached hydrogen (secondary N) is 3. The number of hydrogen-bond acceptors (Lipinski definition) is 5. The van der Waals surface area contributed by atoms with E-state index >= 15 is 0 Å². The van der Waals surface area contributed by atoms with Crippen molar-refractivity contribution in [2.24, 2.45) is 0 Å². The molecule has 33 heavy (non-hydrogen) atoms. The zero-order chi connectivity index (χ0) is 23.7. The molecule has 0 aromatic heterocycles. The van der Waals surface area contributed by atoms with Crippen LogP contribution < -0.4 is 20.3 Å². The van der Waals surface area contributed by atoms with Crippen molar-refractivity contribution in [3.05, 3.63) is 97.1 Å². The van der Waals surface area contributed by atoms with Crippen molar-refractivity contribution < 1.29 is 22.7 Å². The number of sulfonamides is 1. The molecule has 9 heteroatoms. The monoisotopic (exact) mass is 465 g/mol. The standard InChI is InChI=1S/C24H23N3O5S/c1-2-15-25-33(30,31)20-12-8-11-19(16-20)24(29)27-26-23(28)17-32-22-14-7-6-13-21(22)18-9-4-3-5-10-18/h2-14,16,25H,1,15,17H2,(H,26,28)(H,27,29). The first-order valence-corrected chi connectivity index (χ1v) is 11.5. The molecule has 3 aromatic carbocycles. The summed E-state index contributed by atoms with van der Waals surface area (Å²) < 4.78 is 32.4. The fraction of sp³-hybridized carbons (Fsp3) is 0.0833. The summed E-state index contributed by atoms with van der Waals surface area (Å²) in [5.41, 5.74) is 6.35. The van der Waals surface area contributed by atoms with E-state index in [9.17, 15) is 18.0 Å². The quantitative estimate of drug-likeness (QED) is 0.332. The van der Waals surface area contributed by atoms with Crippen LogP contribution in [0.1, 0.15) is 10.4 Å². The van der Waals surface area contributed by atoms with Gasteiger partial charge in [-0.1, -0.05) is 60.7 Å². The number of amides is 2. The maximum Gasteiger partial charge on any atom is 0.276 e. The summed E-state index contributed by atoms with van der Waals surface area (Å²) in [4.78, 5) is 24.5. The van der Waals surface area contributed by atoms with Gasteiger partial charge in [-0.2, -0.15) is 0 Å². The average molecular weight is 466 g/mol. The van der Waals surface area contributed by atoms with Crippen molar-refractivity contribution in [3.8, 4) is 16.9 Å². The highest BCUT2D eigenvalue weighted by Crippen LogP contribution is 2.29. The van der Waals surface area contributed by atoms with E-state index in [2.05, 4.69) is 22.2 Å². The van der Waals surface area contributed by atoms with Crippen molar-refractivity contribution in [2.75, 3.05) is 13.2 Å². The molecule has 0 fully saturated rings. The van der Waals surface area contributed by atoms with E-state index in [-0.39, 0.29) is 23.6 Å². The van der Waals surface area contributed by atoms with E-state index in [1.165, 1.54) is 30.3 Å². The van der Waals surface area contributed by atoms with Gasteiger partial charge in [-0.15, -0.1) is 6.58 Å². The first-order valence-electron chi connectivity index (χ1n) is 9.98. The lowest BCUT2D eigenvalue weighted by molar-refractivity contribution is -0.123. The van der Waals surface area contributed by atoms with Crippen LogP contribution in [0.5, 0.6) is 5.75 Å². The molecule has 0 heterocycles. The normalized spacial score (nSPS) is 10.8. The zero-order valence-corrected chi connectivity index (χ0v) is 18.5. The maximum atomic E-state index is 12.4. The molecule has 0 saturated carbocycles. The molecule has 0 spiro atoms. The molecule has 170 valence electrons. The van der Waals surface area contributed by atoms with Crippen LogP contribution in [-0.4, -0.2) is 33.4 Å². The van der Waals surface area contributed by atoms with Crippen molar-refractivity contribution in [1.29, 1.82) is 0 Å². The van der Waals surface area contributed by atoms with Gasteiger partial charge in [-0.25, -0.2) is 13.1 Å². The Kier molecular flexibility index (Phi) is 7.96. The number of rotatable bonds is 9. The molecule has 2 amide bonds. The number of carbonyl (C=O) groups is 2. The predicted molar refractivity (Wildman–Crippen MR) is 125 cm³/mol. The average Bonchev–Trinajstić information content (AvgIpc) is 2.85. The van der Waals surface area contributed by atoms with Crippen molar-refractivity contribution in [2.45, 2.75) is 4.90 Å². The van der Waals surface area contributed by atoms with Crippen LogP contribution in [0.25, 0.3) is 11.1 Å². The van der Waals surface area contributed by atoms with Gasteiger partial charge in [0.1, 0.15) is 5.75 Å². The molecular weight excluding hydrogens is 442 g/mol. The molecule has 0 aliphatic carbocycles. The molecule has 3 N–H and O–H groups in total. The van der Waals surface area contributed by atoms with Gasteiger partial charge < -0.3 is 4.74 Å². The van der Waals surface area contributed by atoms with E-state index in [1.807, 2.05) is 42.5 Å². The summed E-state index contributed by atoms with van der Waals surface area (Å²) in [6.45, 7) is 3.19. The largest absolute Gasteiger partial charge is 0.483 e. The first-order chi connectivity index (χ1) is 15.9. The van der Waals surface area contributed by atoms with Gasteiger partial charge in [0.2, 0.25) is 10.0 Å². The molecule has 3 rings (SSSR count). The number of benzene rings is 3. The minimum atomic E-state index is -3.78. The van der Waals surface area contributed by atoms with Crippen LogP contribution in [0, 0.1) is 0 Å². The van der Waals surface area contributed by atoms with Crippen molar-refractivity contribution in [1.82, 2.24) is 15.6 Å². The fourth-order valence-corrected chi connectivity index (χ4v) is 3.93. The third-order valence-corrected chi connectivity index (χ3v) is 5.89. The van der Waals surface area contributed by atoms with Gasteiger partial charge in [0.15, 0.2) is 6.61 Å². The molecule has 0 bridgehead atoms. The minimum absolute atomic E-state index is 0.0578. The summed E-state index contributed by atoms with van der Waals surface area (Å²) in [5, 5.41) is 0. The molecule has 0 radical (unpaired) electrons. The number of hydrogen-bond donors (Lipinski definition) is 3. The van der Waals surface area contributed by atoms with Crippen molar-refractivity contribution >= 4 is 21.8 Å². The number of ether oxygens (including phenoxy) is 1. The zero-order valence-electron chi connectivity index (χ0n) is 17.7. The SMILES string of the molecule is C=CCNS(=O)(=O)c1cccc(C(=O)NNC(=O)COc2ccccc2-c2ccccc2)c1. The summed E-state index contributed by atoms with van der Waals surface area (Å²) in [6.07, 6.45) is 1.41. The third-order valence-electron chi connectivity index (χ3n) is 4.47. The smallest absolute Gasteiger partial charge is 0.276 e. The Balaban J connectivity index is 1.58. The van der Waals surface area contributed by atoms with Crippen molar-refractivity contribution in [3.63, 3.8) is 0 Å². The van der Waals surface area contributed by atoms with Crippen LogP contribution >= 0.6 is 0 Å². The van der Waals surface area contributed by atoms with Crippen LogP contribution in [0.4, 0.5) is 0 Å². The van der Waals surface area contributed by atoms with Crippen LogP contribution in [0.2, 0.25) is 0 Å². The fourth-order valence-electron chi connectivity index (χ4n) is 2.88. The lowest BCUT2D eigenvalue weighted by Gasteiger charge is -2.12. The predicted octanol–water partition coefficient (Wildman–Crippen LogP) is 2.66. The topological polar surface area (TPSA) is 114 Å². The Labute approximate surface area is 192 Å². The molecule has 0 aliphatic rings. The van der Waals surface area contributed by atoms with Gasteiger partial charge >= 0.3 is 0 Å². The Hall–Kier alpha value is -3.95. The third kappa shape index (κ3) is 6.52. The number of hydrazine groups is 1.